The van der Waals surface area contributed by atoms with Gasteiger partial charge in [-0.15, -0.1) is 0 Å². The molecule has 8 heteroatoms. The van der Waals surface area contributed by atoms with Crippen molar-refractivity contribution in [3.8, 4) is 0 Å². The van der Waals surface area contributed by atoms with Crippen LogP contribution in [0.3, 0.4) is 0 Å². The summed E-state index contributed by atoms with van der Waals surface area (Å²) in [5.41, 5.74) is 1.69. The predicted molar refractivity (Wildman–Crippen MR) is 114 cm³/mol. The van der Waals surface area contributed by atoms with E-state index in [1.54, 1.807) is 34.8 Å². The Morgan fingerprint density at radius 1 is 1.07 bits per heavy atom. The van der Waals surface area contributed by atoms with Crippen molar-refractivity contribution < 1.29 is 8.42 Å². The van der Waals surface area contributed by atoms with Gasteiger partial charge in [0.15, 0.2) is 5.65 Å². The summed E-state index contributed by atoms with van der Waals surface area (Å²) >= 11 is 5.89. The molecule has 152 valence electrons. The van der Waals surface area contributed by atoms with Crippen molar-refractivity contribution in [1.29, 1.82) is 0 Å². The zero-order valence-electron chi connectivity index (χ0n) is 16.4. The molecule has 1 aliphatic heterocycles. The van der Waals surface area contributed by atoms with Crippen molar-refractivity contribution in [3.05, 3.63) is 59.1 Å². The molecular weight excluding hydrogens is 408 g/mol. The SMILES string of the molecule is CC(C)c1nc(C2CCN(S(=O)(=O)c3ccc(Cl)cc3)CC2)c2cccnc2n1. The fourth-order valence-corrected chi connectivity index (χ4v) is 5.29. The van der Waals surface area contributed by atoms with E-state index < -0.39 is 10.0 Å². The summed E-state index contributed by atoms with van der Waals surface area (Å²) in [7, 11) is -3.52. The molecule has 1 fully saturated rings. The third-order valence-electron chi connectivity index (χ3n) is 5.33. The lowest BCUT2D eigenvalue weighted by atomic mass is 9.92. The van der Waals surface area contributed by atoms with E-state index in [1.807, 2.05) is 12.1 Å². The van der Waals surface area contributed by atoms with Crippen molar-refractivity contribution in [3.63, 3.8) is 0 Å². The van der Waals surface area contributed by atoms with Crippen LogP contribution in [0, 0.1) is 0 Å². The van der Waals surface area contributed by atoms with E-state index in [4.69, 9.17) is 16.6 Å². The molecule has 3 aromatic rings. The van der Waals surface area contributed by atoms with Gasteiger partial charge in [-0.2, -0.15) is 4.31 Å². The average Bonchev–Trinajstić information content (AvgIpc) is 2.73. The lowest BCUT2D eigenvalue weighted by Crippen LogP contribution is -2.38. The van der Waals surface area contributed by atoms with E-state index in [1.165, 1.54) is 0 Å². The van der Waals surface area contributed by atoms with Crippen LogP contribution in [-0.2, 0) is 10.0 Å². The van der Waals surface area contributed by atoms with Crippen LogP contribution in [0.5, 0.6) is 0 Å². The highest BCUT2D eigenvalue weighted by Gasteiger charge is 2.31. The Balaban J connectivity index is 1.59. The van der Waals surface area contributed by atoms with Crippen LogP contribution in [0.15, 0.2) is 47.5 Å². The number of halogens is 1. The van der Waals surface area contributed by atoms with Gasteiger partial charge >= 0.3 is 0 Å². The van der Waals surface area contributed by atoms with Gasteiger partial charge in [-0.3, -0.25) is 0 Å². The van der Waals surface area contributed by atoms with Gasteiger partial charge in [0, 0.05) is 41.5 Å². The first-order valence-electron chi connectivity index (χ1n) is 9.74. The van der Waals surface area contributed by atoms with Crippen LogP contribution in [0.25, 0.3) is 11.0 Å². The average molecular weight is 431 g/mol. The fourth-order valence-electron chi connectivity index (χ4n) is 3.70. The molecule has 0 saturated carbocycles. The van der Waals surface area contributed by atoms with Gasteiger partial charge in [-0.25, -0.2) is 23.4 Å². The maximum atomic E-state index is 12.9. The summed E-state index contributed by atoms with van der Waals surface area (Å²) in [5, 5.41) is 1.48. The van der Waals surface area contributed by atoms with Crippen molar-refractivity contribution in [1.82, 2.24) is 19.3 Å². The van der Waals surface area contributed by atoms with E-state index in [9.17, 15) is 8.42 Å². The number of sulfonamides is 1. The number of aromatic nitrogens is 3. The molecular formula is C21H23ClN4O2S. The standard InChI is InChI=1S/C21H23ClN4O2S/c1-14(2)20-24-19(18-4-3-11-23-21(18)25-20)15-9-12-26(13-10-15)29(27,28)17-7-5-16(22)6-8-17/h3-8,11,14-15H,9-10,12-13H2,1-2H3. The minimum Gasteiger partial charge on any atom is -0.237 e. The molecule has 1 aromatic carbocycles. The van der Waals surface area contributed by atoms with Gasteiger partial charge in [-0.1, -0.05) is 25.4 Å². The molecule has 0 atom stereocenters. The highest BCUT2D eigenvalue weighted by Crippen LogP contribution is 2.33. The van der Waals surface area contributed by atoms with Gasteiger partial charge in [0.1, 0.15) is 5.82 Å². The number of benzene rings is 1. The van der Waals surface area contributed by atoms with Crippen molar-refractivity contribution in [2.75, 3.05) is 13.1 Å². The summed E-state index contributed by atoms with van der Waals surface area (Å²) in [6.07, 6.45) is 3.17. The summed E-state index contributed by atoms with van der Waals surface area (Å²) in [5.74, 6) is 1.16. The second kappa shape index (κ2) is 7.97. The van der Waals surface area contributed by atoms with Crippen molar-refractivity contribution >= 4 is 32.7 Å². The van der Waals surface area contributed by atoms with Gasteiger partial charge in [-0.05, 0) is 49.2 Å². The van der Waals surface area contributed by atoms with E-state index >= 15 is 0 Å². The van der Waals surface area contributed by atoms with E-state index in [2.05, 4.69) is 23.8 Å². The number of hydrogen-bond donors (Lipinski definition) is 0. The molecule has 0 spiro atoms. The normalized spacial score (nSPS) is 16.6. The number of fused-ring (bicyclic) bond motifs is 1. The Kier molecular flexibility index (Phi) is 5.55. The summed E-state index contributed by atoms with van der Waals surface area (Å²) in [6, 6.07) is 10.2. The van der Waals surface area contributed by atoms with Crippen LogP contribution in [0.1, 0.15) is 50.0 Å². The molecule has 0 unspecified atom stereocenters. The van der Waals surface area contributed by atoms with Crippen molar-refractivity contribution in [2.24, 2.45) is 0 Å². The fraction of sp³-hybridized carbons (Fsp3) is 0.381. The van der Waals surface area contributed by atoms with Crippen LogP contribution < -0.4 is 0 Å². The number of hydrogen-bond acceptors (Lipinski definition) is 5. The molecule has 0 N–H and O–H groups in total. The molecule has 0 aliphatic carbocycles. The van der Waals surface area contributed by atoms with E-state index in [0.717, 1.165) is 16.9 Å². The van der Waals surface area contributed by atoms with Gasteiger partial charge < -0.3 is 0 Å². The molecule has 6 nitrogen and oxygen atoms in total. The summed E-state index contributed by atoms with van der Waals surface area (Å²) in [6.45, 7) is 5.04. The lowest BCUT2D eigenvalue weighted by molar-refractivity contribution is 0.317. The monoisotopic (exact) mass is 430 g/mol. The van der Waals surface area contributed by atoms with Crippen LogP contribution in [-0.4, -0.2) is 40.8 Å². The first kappa shape index (κ1) is 20.2. The van der Waals surface area contributed by atoms with Crippen LogP contribution in [0.2, 0.25) is 5.02 Å². The Bertz CT molecular complexity index is 1130. The highest BCUT2D eigenvalue weighted by atomic mass is 35.5. The molecule has 3 heterocycles. The third-order valence-corrected chi connectivity index (χ3v) is 7.49. The quantitative estimate of drug-likeness (QED) is 0.614. The maximum absolute atomic E-state index is 12.9. The Morgan fingerprint density at radius 3 is 2.41 bits per heavy atom. The highest BCUT2D eigenvalue weighted by molar-refractivity contribution is 7.89. The largest absolute Gasteiger partial charge is 0.243 e. The topological polar surface area (TPSA) is 76.1 Å². The third kappa shape index (κ3) is 3.99. The second-order valence-electron chi connectivity index (χ2n) is 7.63. The number of piperidine rings is 1. The molecule has 0 amide bonds. The van der Waals surface area contributed by atoms with Crippen molar-refractivity contribution in [2.45, 2.75) is 43.4 Å². The zero-order valence-corrected chi connectivity index (χ0v) is 18.0. The Morgan fingerprint density at radius 2 is 1.76 bits per heavy atom. The molecule has 29 heavy (non-hydrogen) atoms. The van der Waals surface area contributed by atoms with Crippen LogP contribution >= 0.6 is 11.6 Å². The van der Waals surface area contributed by atoms with Gasteiger partial charge in [0.25, 0.3) is 0 Å². The molecule has 1 saturated heterocycles. The molecule has 4 rings (SSSR count). The van der Waals surface area contributed by atoms with E-state index in [-0.39, 0.29) is 16.7 Å². The van der Waals surface area contributed by atoms with Gasteiger partial charge in [0.05, 0.1) is 10.6 Å². The maximum Gasteiger partial charge on any atom is 0.243 e. The van der Waals surface area contributed by atoms with Gasteiger partial charge in [0.2, 0.25) is 10.0 Å². The Labute approximate surface area is 176 Å². The zero-order chi connectivity index (χ0) is 20.6. The molecule has 0 radical (unpaired) electrons. The second-order valence-corrected chi connectivity index (χ2v) is 10.0. The first-order valence-corrected chi connectivity index (χ1v) is 11.6. The lowest BCUT2D eigenvalue weighted by Gasteiger charge is -2.31. The molecule has 0 bridgehead atoms. The number of pyridine rings is 1. The summed E-state index contributed by atoms with van der Waals surface area (Å²) in [4.78, 5) is 14.1. The summed E-state index contributed by atoms with van der Waals surface area (Å²) < 4.78 is 27.4. The predicted octanol–water partition coefficient (Wildman–Crippen LogP) is 4.37. The Hall–Kier alpha value is -2.09. The molecule has 2 aromatic heterocycles. The minimum atomic E-state index is -3.52. The number of nitrogens with zero attached hydrogens (tertiary/aromatic N) is 4. The van der Waals surface area contributed by atoms with Crippen LogP contribution in [0.4, 0.5) is 0 Å². The minimum absolute atomic E-state index is 0.180. The molecule has 1 aliphatic rings. The first-order chi connectivity index (χ1) is 13.9. The van der Waals surface area contributed by atoms with E-state index in [0.29, 0.717) is 36.6 Å². The smallest absolute Gasteiger partial charge is 0.237 e. The number of rotatable bonds is 4.